The smallest absolute Gasteiger partial charge is 0.0574 e. The summed E-state index contributed by atoms with van der Waals surface area (Å²) in [6, 6.07) is 21.5. The molecule has 0 amide bonds. The molecule has 0 saturated carbocycles. The Balaban J connectivity index is 0.000000383. The van der Waals surface area contributed by atoms with Gasteiger partial charge in [-0.2, -0.15) is 5.06 Å². The van der Waals surface area contributed by atoms with Gasteiger partial charge in [-0.25, -0.2) is 0 Å². The molecule has 0 unspecified atom stereocenters. The second-order valence-electron chi connectivity index (χ2n) is 5.54. The molecule has 2 aromatic rings. The molecule has 21 heavy (non-hydrogen) atoms. The van der Waals surface area contributed by atoms with Gasteiger partial charge in [0.25, 0.3) is 0 Å². The fourth-order valence-corrected chi connectivity index (χ4v) is 2.28. The lowest BCUT2D eigenvalue weighted by Crippen LogP contribution is -2.08. The number of nitrogens with zero attached hydrogens (tertiary/aromatic N) is 1. The number of benzene rings is 2. The number of hydrogen-bond donors (Lipinski definition) is 0. The summed E-state index contributed by atoms with van der Waals surface area (Å²) >= 11 is 0. The molecule has 0 aliphatic carbocycles. The van der Waals surface area contributed by atoms with E-state index in [1.165, 1.54) is 11.1 Å². The van der Waals surface area contributed by atoms with Crippen molar-refractivity contribution in [2.75, 3.05) is 21.2 Å². The minimum atomic E-state index is 0.502. The molecule has 2 nitrogen and oxygen atoms in total. The van der Waals surface area contributed by atoms with Gasteiger partial charge in [-0.1, -0.05) is 74.5 Å². The Morgan fingerprint density at radius 1 is 0.762 bits per heavy atom. The van der Waals surface area contributed by atoms with Crippen LogP contribution in [0.2, 0.25) is 0 Å². The first-order valence-electron chi connectivity index (χ1n) is 7.37. The van der Waals surface area contributed by atoms with Crippen molar-refractivity contribution in [1.82, 2.24) is 5.06 Å². The lowest BCUT2D eigenvalue weighted by Gasteiger charge is -2.21. The summed E-state index contributed by atoms with van der Waals surface area (Å²) in [7, 11) is 5.29. The van der Waals surface area contributed by atoms with Crippen LogP contribution in [0.1, 0.15) is 30.9 Å². The summed E-state index contributed by atoms with van der Waals surface area (Å²) in [5, 5.41) is 1.62. The van der Waals surface area contributed by atoms with Gasteiger partial charge in [0.1, 0.15) is 0 Å². The van der Waals surface area contributed by atoms with E-state index in [9.17, 15) is 0 Å². The largest absolute Gasteiger partial charge is 0.303 e. The number of hydrogen-bond acceptors (Lipinski definition) is 2. The summed E-state index contributed by atoms with van der Waals surface area (Å²) in [6.07, 6.45) is 0. The lowest BCUT2D eigenvalue weighted by atomic mass is 9.83. The molecule has 0 aliphatic heterocycles. The van der Waals surface area contributed by atoms with Crippen LogP contribution in [0.25, 0.3) is 0 Å². The zero-order valence-corrected chi connectivity index (χ0v) is 13.8. The van der Waals surface area contributed by atoms with Gasteiger partial charge in [0, 0.05) is 20.0 Å². The quantitative estimate of drug-likeness (QED) is 0.762. The van der Waals surface area contributed by atoms with Crippen LogP contribution < -0.4 is 0 Å². The van der Waals surface area contributed by atoms with Gasteiger partial charge in [-0.3, -0.25) is 0 Å². The molecule has 0 N–H and O–H groups in total. The second kappa shape index (κ2) is 9.32. The molecular formula is C19H27NO. The van der Waals surface area contributed by atoms with E-state index in [1.54, 1.807) is 12.2 Å². The van der Waals surface area contributed by atoms with Gasteiger partial charge in [0.05, 0.1) is 7.11 Å². The number of rotatable bonds is 4. The third-order valence-electron chi connectivity index (χ3n) is 3.35. The molecule has 0 aliphatic rings. The van der Waals surface area contributed by atoms with Gasteiger partial charge in [0.2, 0.25) is 0 Å². The van der Waals surface area contributed by atoms with Crippen molar-refractivity contribution in [2.45, 2.75) is 19.8 Å². The van der Waals surface area contributed by atoms with Crippen LogP contribution in [0, 0.1) is 5.92 Å². The monoisotopic (exact) mass is 285 g/mol. The third-order valence-corrected chi connectivity index (χ3v) is 3.35. The summed E-state index contributed by atoms with van der Waals surface area (Å²) in [6.45, 7) is 4.56. The Hall–Kier alpha value is -1.64. The molecule has 0 heterocycles. The number of hydroxylamine groups is 2. The van der Waals surface area contributed by atoms with Crippen LogP contribution in [-0.2, 0) is 4.84 Å². The summed E-state index contributed by atoms with van der Waals surface area (Å²) in [4.78, 5) is 4.58. The molecule has 0 aromatic heterocycles. The van der Waals surface area contributed by atoms with Crippen LogP contribution in [0.4, 0.5) is 0 Å². The van der Waals surface area contributed by atoms with E-state index in [1.807, 2.05) is 14.1 Å². The fraction of sp³-hybridized carbons (Fsp3) is 0.368. The van der Waals surface area contributed by atoms with E-state index >= 15 is 0 Å². The molecule has 0 atom stereocenters. The highest BCUT2D eigenvalue weighted by Gasteiger charge is 2.16. The van der Waals surface area contributed by atoms with E-state index in [2.05, 4.69) is 79.3 Å². The highest BCUT2D eigenvalue weighted by atomic mass is 16.7. The maximum absolute atomic E-state index is 4.58. The Labute approximate surface area is 129 Å². The highest BCUT2D eigenvalue weighted by Crippen LogP contribution is 2.31. The zero-order valence-electron chi connectivity index (χ0n) is 13.8. The van der Waals surface area contributed by atoms with Gasteiger partial charge in [-0.05, 0) is 17.0 Å². The SMILES string of the molecule is CC(C)C(c1ccccc1)c1ccccc1.CON(C)C. The summed E-state index contributed by atoms with van der Waals surface area (Å²) < 4.78 is 0. The van der Waals surface area contributed by atoms with E-state index in [0.717, 1.165) is 0 Å². The maximum Gasteiger partial charge on any atom is 0.0574 e. The van der Waals surface area contributed by atoms with E-state index < -0.39 is 0 Å². The minimum Gasteiger partial charge on any atom is -0.303 e. The Bertz CT molecular complexity index is 440. The predicted molar refractivity (Wildman–Crippen MR) is 90.3 cm³/mol. The zero-order chi connectivity index (χ0) is 15.7. The molecular weight excluding hydrogens is 258 g/mol. The fourth-order valence-electron chi connectivity index (χ4n) is 2.28. The summed E-state index contributed by atoms with van der Waals surface area (Å²) in [5.74, 6) is 1.12. The molecule has 2 rings (SSSR count). The minimum absolute atomic E-state index is 0.502. The normalized spacial score (nSPS) is 10.7. The average Bonchev–Trinajstić information content (AvgIpc) is 2.50. The standard InChI is InChI=1S/C16H18.C3H9NO/c1-13(2)16(14-9-5-3-6-10-14)15-11-7-4-8-12-15;1-4(2)5-3/h3-13,16H,1-2H3;1-3H3. The topological polar surface area (TPSA) is 12.5 Å². The first kappa shape index (κ1) is 17.4. The molecule has 114 valence electrons. The van der Waals surface area contributed by atoms with E-state index in [0.29, 0.717) is 11.8 Å². The first-order valence-corrected chi connectivity index (χ1v) is 7.37. The molecule has 2 aromatic carbocycles. The Morgan fingerprint density at radius 2 is 1.10 bits per heavy atom. The average molecular weight is 285 g/mol. The lowest BCUT2D eigenvalue weighted by molar-refractivity contribution is -0.0855. The molecule has 2 heteroatoms. The van der Waals surface area contributed by atoms with Crippen LogP contribution in [0.5, 0.6) is 0 Å². The third kappa shape index (κ3) is 6.11. The van der Waals surface area contributed by atoms with Crippen molar-refractivity contribution in [3.05, 3.63) is 71.8 Å². The molecule has 0 saturated heterocycles. The van der Waals surface area contributed by atoms with Gasteiger partial charge in [0.15, 0.2) is 0 Å². The van der Waals surface area contributed by atoms with Crippen molar-refractivity contribution in [2.24, 2.45) is 5.92 Å². The molecule has 0 fully saturated rings. The second-order valence-corrected chi connectivity index (χ2v) is 5.54. The Kier molecular flexibility index (Phi) is 7.73. The maximum atomic E-state index is 4.58. The highest BCUT2D eigenvalue weighted by molar-refractivity contribution is 5.32. The van der Waals surface area contributed by atoms with Crippen LogP contribution in [0.15, 0.2) is 60.7 Å². The van der Waals surface area contributed by atoms with Crippen LogP contribution >= 0.6 is 0 Å². The van der Waals surface area contributed by atoms with Gasteiger partial charge >= 0.3 is 0 Å². The van der Waals surface area contributed by atoms with E-state index in [4.69, 9.17) is 0 Å². The molecule has 0 spiro atoms. The molecule has 0 bridgehead atoms. The van der Waals surface area contributed by atoms with Crippen molar-refractivity contribution in [3.63, 3.8) is 0 Å². The van der Waals surface area contributed by atoms with Crippen molar-refractivity contribution >= 4 is 0 Å². The van der Waals surface area contributed by atoms with Crippen molar-refractivity contribution < 1.29 is 4.84 Å². The Morgan fingerprint density at radius 3 is 1.33 bits per heavy atom. The van der Waals surface area contributed by atoms with Crippen LogP contribution in [-0.4, -0.2) is 26.3 Å². The van der Waals surface area contributed by atoms with Crippen molar-refractivity contribution in [1.29, 1.82) is 0 Å². The van der Waals surface area contributed by atoms with E-state index in [-0.39, 0.29) is 0 Å². The molecule has 0 radical (unpaired) electrons. The van der Waals surface area contributed by atoms with Gasteiger partial charge < -0.3 is 4.84 Å². The van der Waals surface area contributed by atoms with Gasteiger partial charge in [-0.15, -0.1) is 0 Å². The predicted octanol–water partition coefficient (Wildman–Crippen LogP) is 4.58. The van der Waals surface area contributed by atoms with Crippen molar-refractivity contribution in [3.8, 4) is 0 Å². The first-order chi connectivity index (χ1) is 10.1. The summed E-state index contributed by atoms with van der Waals surface area (Å²) in [5.41, 5.74) is 2.81. The van der Waals surface area contributed by atoms with Crippen LogP contribution in [0.3, 0.4) is 0 Å².